The molecule has 0 unspecified atom stereocenters. The highest BCUT2D eigenvalue weighted by atomic mass is 35.5. The number of hydrogen-bond donors (Lipinski definition) is 2. The minimum absolute atomic E-state index is 0.213. The van der Waals surface area contributed by atoms with Gasteiger partial charge in [0.05, 0.1) is 0 Å². The van der Waals surface area contributed by atoms with Crippen LogP contribution in [0.2, 0.25) is 5.02 Å². The van der Waals surface area contributed by atoms with Gasteiger partial charge in [-0.05, 0) is 30.2 Å². The van der Waals surface area contributed by atoms with Crippen molar-refractivity contribution >= 4 is 23.3 Å². The van der Waals surface area contributed by atoms with Crippen molar-refractivity contribution in [1.29, 1.82) is 0 Å². The van der Waals surface area contributed by atoms with Crippen LogP contribution in [-0.2, 0) is 6.54 Å². The van der Waals surface area contributed by atoms with Crippen LogP contribution in [-0.4, -0.2) is 17.4 Å². The topological polar surface area (TPSA) is 54.0 Å². The molecule has 1 aromatic carbocycles. The first-order valence-corrected chi connectivity index (χ1v) is 7.31. The summed E-state index contributed by atoms with van der Waals surface area (Å²) in [5, 5.41) is 6.63. The van der Waals surface area contributed by atoms with Crippen molar-refractivity contribution in [2.24, 2.45) is 0 Å². The number of benzene rings is 1. The van der Waals surface area contributed by atoms with Gasteiger partial charge < -0.3 is 10.6 Å². The maximum Gasteiger partial charge on any atom is 0.270 e. The second kappa shape index (κ2) is 7.64. The van der Waals surface area contributed by atoms with Crippen molar-refractivity contribution in [3.8, 4) is 0 Å². The van der Waals surface area contributed by atoms with Gasteiger partial charge in [0.1, 0.15) is 11.5 Å². The Hall–Kier alpha value is -2.07. The quantitative estimate of drug-likeness (QED) is 0.859. The second-order valence-corrected chi connectivity index (χ2v) is 5.02. The number of nitrogens with one attached hydrogen (secondary N) is 2. The van der Waals surface area contributed by atoms with Gasteiger partial charge in [0, 0.05) is 18.1 Å². The fraction of sp³-hybridized carbons (Fsp3) is 0.250. The SMILES string of the molecule is CCCNc1cccc(C(=O)NCc2ccccc2Cl)n1. The lowest BCUT2D eigenvalue weighted by atomic mass is 10.2. The fourth-order valence-electron chi connectivity index (χ4n) is 1.82. The summed E-state index contributed by atoms with van der Waals surface area (Å²) in [6.45, 7) is 3.29. The van der Waals surface area contributed by atoms with E-state index in [0.717, 1.165) is 18.5 Å². The molecule has 2 rings (SSSR count). The average Bonchev–Trinajstić information content (AvgIpc) is 2.52. The van der Waals surface area contributed by atoms with Gasteiger partial charge in [-0.25, -0.2) is 4.98 Å². The molecular weight excluding hydrogens is 286 g/mol. The molecule has 2 N–H and O–H groups in total. The molecular formula is C16H18ClN3O. The van der Waals surface area contributed by atoms with E-state index in [9.17, 15) is 4.79 Å². The van der Waals surface area contributed by atoms with Crippen molar-refractivity contribution in [3.05, 3.63) is 58.7 Å². The van der Waals surface area contributed by atoms with Crippen LogP contribution in [0.25, 0.3) is 0 Å². The van der Waals surface area contributed by atoms with E-state index in [1.807, 2.05) is 30.3 Å². The first-order valence-electron chi connectivity index (χ1n) is 6.93. The average molecular weight is 304 g/mol. The summed E-state index contributed by atoms with van der Waals surface area (Å²) in [7, 11) is 0. The van der Waals surface area contributed by atoms with Crippen LogP contribution in [0.4, 0.5) is 5.82 Å². The molecule has 2 aromatic rings. The third kappa shape index (κ3) is 4.46. The molecule has 0 aliphatic heterocycles. The summed E-state index contributed by atoms with van der Waals surface area (Å²) >= 11 is 6.06. The van der Waals surface area contributed by atoms with Gasteiger partial charge in [0.2, 0.25) is 0 Å². The monoisotopic (exact) mass is 303 g/mol. The summed E-state index contributed by atoms with van der Waals surface area (Å²) in [5.74, 6) is 0.498. The molecule has 0 saturated heterocycles. The number of hydrogen-bond acceptors (Lipinski definition) is 3. The van der Waals surface area contributed by atoms with Crippen LogP contribution in [0.1, 0.15) is 29.4 Å². The van der Waals surface area contributed by atoms with E-state index in [4.69, 9.17) is 11.6 Å². The van der Waals surface area contributed by atoms with Gasteiger partial charge in [-0.15, -0.1) is 0 Å². The number of nitrogens with zero attached hydrogens (tertiary/aromatic N) is 1. The highest BCUT2D eigenvalue weighted by Crippen LogP contribution is 2.14. The maximum atomic E-state index is 12.1. The van der Waals surface area contributed by atoms with Crippen molar-refractivity contribution < 1.29 is 4.79 Å². The normalized spacial score (nSPS) is 10.2. The number of amides is 1. The molecule has 0 atom stereocenters. The van der Waals surface area contributed by atoms with Crippen LogP contribution in [0.5, 0.6) is 0 Å². The van der Waals surface area contributed by atoms with E-state index < -0.39 is 0 Å². The number of halogens is 1. The zero-order valence-electron chi connectivity index (χ0n) is 11.9. The summed E-state index contributed by atoms with van der Waals surface area (Å²) in [6.07, 6.45) is 1.00. The molecule has 5 heteroatoms. The molecule has 21 heavy (non-hydrogen) atoms. The van der Waals surface area contributed by atoms with Crippen molar-refractivity contribution in [1.82, 2.24) is 10.3 Å². The molecule has 4 nitrogen and oxygen atoms in total. The molecule has 0 radical (unpaired) electrons. The second-order valence-electron chi connectivity index (χ2n) is 4.61. The van der Waals surface area contributed by atoms with Crippen LogP contribution >= 0.6 is 11.6 Å². The van der Waals surface area contributed by atoms with E-state index in [0.29, 0.717) is 23.1 Å². The standard InChI is InChI=1S/C16H18ClN3O/c1-2-10-18-15-9-5-8-14(20-15)16(21)19-11-12-6-3-4-7-13(12)17/h3-9H,2,10-11H2,1H3,(H,18,20)(H,19,21). The lowest BCUT2D eigenvalue weighted by Crippen LogP contribution is -2.24. The van der Waals surface area contributed by atoms with Crippen LogP contribution in [0.15, 0.2) is 42.5 Å². The summed E-state index contributed by atoms with van der Waals surface area (Å²) in [6, 6.07) is 12.8. The summed E-state index contributed by atoms with van der Waals surface area (Å²) in [4.78, 5) is 16.4. The molecule has 0 spiro atoms. The van der Waals surface area contributed by atoms with Crippen molar-refractivity contribution in [3.63, 3.8) is 0 Å². The number of anilines is 1. The summed E-state index contributed by atoms with van der Waals surface area (Å²) < 4.78 is 0. The van der Waals surface area contributed by atoms with Gasteiger partial charge in [0.15, 0.2) is 0 Å². The fourth-order valence-corrected chi connectivity index (χ4v) is 2.02. The summed E-state index contributed by atoms with van der Waals surface area (Å²) in [5.41, 5.74) is 1.27. The number of carbonyl (C=O) groups excluding carboxylic acids is 1. The highest BCUT2D eigenvalue weighted by Gasteiger charge is 2.08. The zero-order valence-corrected chi connectivity index (χ0v) is 12.7. The lowest BCUT2D eigenvalue weighted by molar-refractivity contribution is 0.0946. The Morgan fingerprint density at radius 3 is 2.76 bits per heavy atom. The smallest absolute Gasteiger partial charge is 0.270 e. The largest absolute Gasteiger partial charge is 0.370 e. The molecule has 0 saturated carbocycles. The van der Waals surface area contributed by atoms with Gasteiger partial charge in [0.25, 0.3) is 5.91 Å². The molecule has 1 aromatic heterocycles. The Kier molecular flexibility index (Phi) is 5.58. The molecule has 0 aliphatic rings. The maximum absolute atomic E-state index is 12.1. The Morgan fingerprint density at radius 1 is 1.19 bits per heavy atom. The first kappa shape index (κ1) is 15.3. The number of carbonyl (C=O) groups is 1. The Labute approximate surface area is 129 Å². The Balaban J connectivity index is 1.98. The Bertz CT molecular complexity index is 616. The molecule has 1 heterocycles. The molecule has 0 aliphatic carbocycles. The van der Waals surface area contributed by atoms with E-state index in [1.165, 1.54) is 0 Å². The molecule has 110 valence electrons. The zero-order chi connectivity index (χ0) is 15.1. The number of rotatable bonds is 6. The van der Waals surface area contributed by atoms with E-state index in [-0.39, 0.29) is 5.91 Å². The third-order valence-corrected chi connectivity index (χ3v) is 3.30. The molecule has 0 bridgehead atoms. The number of pyridine rings is 1. The van der Waals surface area contributed by atoms with Crippen LogP contribution < -0.4 is 10.6 Å². The van der Waals surface area contributed by atoms with Crippen LogP contribution in [0.3, 0.4) is 0 Å². The molecule has 0 fully saturated rings. The van der Waals surface area contributed by atoms with E-state index in [2.05, 4.69) is 22.5 Å². The van der Waals surface area contributed by atoms with Crippen molar-refractivity contribution in [2.75, 3.05) is 11.9 Å². The third-order valence-electron chi connectivity index (χ3n) is 2.94. The van der Waals surface area contributed by atoms with Crippen molar-refractivity contribution in [2.45, 2.75) is 19.9 Å². The van der Waals surface area contributed by atoms with Gasteiger partial charge in [-0.1, -0.05) is 42.8 Å². The molecule has 1 amide bonds. The lowest BCUT2D eigenvalue weighted by Gasteiger charge is -2.08. The number of aromatic nitrogens is 1. The first-order chi connectivity index (χ1) is 10.2. The Morgan fingerprint density at radius 2 is 2.00 bits per heavy atom. The van der Waals surface area contributed by atoms with Gasteiger partial charge >= 0.3 is 0 Å². The van der Waals surface area contributed by atoms with Gasteiger partial charge in [-0.3, -0.25) is 4.79 Å². The van der Waals surface area contributed by atoms with Gasteiger partial charge in [-0.2, -0.15) is 0 Å². The van der Waals surface area contributed by atoms with E-state index >= 15 is 0 Å². The van der Waals surface area contributed by atoms with Crippen LogP contribution in [0, 0.1) is 0 Å². The highest BCUT2D eigenvalue weighted by molar-refractivity contribution is 6.31. The van der Waals surface area contributed by atoms with E-state index in [1.54, 1.807) is 12.1 Å². The predicted octanol–water partition coefficient (Wildman–Crippen LogP) is 3.49. The minimum atomic E-state index is -0.213. The minimum Gasteiger partial charge on any atom is -0.370 e. The predicted molar refractivity (Wildman–Crippen MR) is 85.6 cm³/mol.